The second-order valence-electron chi connectivity index (χ2n) is 4.58. The zero-order chi connectivity index (χ0) is 13.4. The summed E-state index contributed by atoms with van der Waals surface area (Å²) in [6.07, 6.45) is 0.988. The Labute approximate surface area is 110 Å². The first-order valence-corrected chi connectivity index (χ1v) is 6.62. The van der Waals surface area contributed by atoms with E-state index in [1.54, 1.807) is 7.11 Å². The fourth-order valence-corrected chi connectivity index (χ4v) is 1.75. The van der Waals surface area contributed by atoms with E-state index in [1.807, 2.05) is 11.7 Å². The van der Waals surface area contributed by atoms with E-state index in [9.17, 15) is 0 Å². The van der Waals surface area contributed by atoms with Crippen LogP contribution in [0.3, 0.4) is 0 Å². The molecule has 0 aliphatic heterocycles. The molecule has 5 nitrogen and oxygen atoms in total. The third kappa shape index (κ3) is 5.16. The lowest BCUT2D eigenvalue weighted by atomic mass is 10.3. The molecule has 0 saturated heterocycles. The van der Waals surface area contributed by atoms with Crippen LogP contribution in [0.2, 0.25) is 0 Å². The van der Waals surface area contributed by atoms with Crippen LogP contribution < -0.4 is 10.6 Å². The summed E-state index contributed by atoms with van der Waals surface area (Å²) in [7, 11) is 3.72. The molecule has 1 rings (SSSR count). The molecule has 0 amide bonds. The lowest BCUT2D eigenvalue weighted by Gasteiger charge is -2.14. The monoisotopic (exact) mass is 254 g/mol. The van der Waals surface area contributed by atoms with Crippen molar-refractivity contribution in [1.82, 2.24) is 20.4 Å². The number of aromatic nitrogens is 2. The van der Waals surface area contributed by atoms with Crippen molar-refractivity contribution >= 4 is 0 Å². The van der Waals surface area contributed by atoms with Gasteiger partial charge in [-0.15, -0.1) is 0 Å². The summed E-state index contributed by atoms with van der Waals surface area (Å²) in [5.41, 5.74) is 2.38. The number of rotatable bonds is 9. The molecule has 1 unspecified atom stereocenters. The Kier molecular flexibility index (Phi) is 6.93. The van der Waals surface area contributed by atoms with Crippen molar-refractivity contribution < 1.29 is 4.74 Å². The number of ether oxygens (including phenoxy) is 1. The predicted octanol–water partition coefficient (Wildman–Crippen LogP) is 0.697. The minimum absolute atomic E-state index is 0.432. The van der Waals surface area contributed by atoms with E-state index in [0.29, 0.717) is 6.04 Å². The Morgan fingerprint density at radius 3 is 2.89 bits per heavy atom. The van der Waals surface area contributed by atoms with Crippen molar-refractivity contribution in [1.29, 1.82) is 0 Å². The van der Waals surface area contributed by atoms with Crippen LogP contribution in [0.4, 0.5) is 0 Å². The topological polar surface area (TPSA) is 51.1 Å². The Balaban J connectivity index is 2.24. The molecule has 1 aromatic rings. The van der Waals surface area contributed by atoms with Crippen LogP contribution in [0, 0.1) is 0 Å². The number of aryl methyl sites for hydroxylation is 2. The summed E-state index contributed by atoms with van der Waals surface area (Å²) in [5, 5.41) is 11.3. The van der Waals surface area contributed by atoms with Gasteiger partial charge in [0, 0.05) is 39.8 Å². The molecule has 0 bridgehead atoms. The Hall–Kier alpha value is -0.910. The van der Waals surface area contributed by atoms with Gasteiger partial charge in [0.25, 0.3) is 0 Å². The van der Waals surface area contributed by atoms with Gasteiger partial charge in [-0.05, 0) is 19.4 Å². The maximum absolute atomic E-state index is 4.99. The van der Waals surface area contributed by atoms with Gasteiger partial charge in [-0.25, -0.2) is 0 Å². The van der Waals surface area contributed by atoms with E-state index in [-0.39, 0.29) is 0 Å². The SMILES string of the molecule is CCc1cc(CNC(C)CNCCOC)n(C)n1. The molecule has 0 saturated carbocycles. The molecular formula is C13H26N4O. The van der Waals surface area contributed by atoms with Gasteiger partial charge >= 0.3 is 0 Å². The minimum atomic E-state index is 0.432. The molecule has 0 radical (unpaired) electrons. The molecule has 0 spiro atoms. The maximum Gasteiger partial charge on any atom is 0.0625 e. The summed E-state index contributed by atoms with van der Waals surface area (Å²) in [4.78, 5) is 0. The zero-order valence-corrected chi connectivity index (χ0v) is 12.0. The highest BCUT2D eigenvalue weighted by Crippen LogP contribution is 2.03. The molecule has 0 fully saturated rings. The van der Waals surface area contributed by atoms with Crippen molar-refractivity contribution in [2.24, 2.45) is 7.05 Å². The quantitative estimate of drug-likeness (QED) is 0.637. The summed E-state index contributed by atoms with van der Waals surface area (Å²) in [6, 6.07) is 2.60. The third-order valence-corrected chi connectivity index (χ3v) is 2.95. The van der Waals surface area contributed by atoms with Gasteiger partial charge in [0.05, 0.1) is 18.0 Å². The minimum Gasteiger partial charge on any atom is -0.383 e. The van der Waals surface area contributed by atoms with Crippen LogP contribution in [0.5, 0.6) is 0 Å². The van der Waals surface area contributed by atoms with Gasteiger partial charge in [-0.3, -0.25) is 4.68 Å². The summed E-state index contributed by atoms with van der Waals surface area (Å²) in [5.74, 6) is 0. The highest BCUT2D eigenvalue weighted by Gasteiger charge is 2.05. The van der Waals surface area contributed by atoms with E-state index in [2.05, 4.69) is 35.6 Å². The van der Waals surface area contributed by atoms with Gasteiger partial charge in [0.2, 0.25) is 0 Å². The van der Waals surface area contributed by atoms with Gasteiger partial charge in [-0.2, -0.15) is 5.10 Å². The smallest absolute Gasteiger partial charge is 0.0625 e. The van der Waals surface area contributed by atoms with Crippen LogP contribution in [-0.4, -0.2) is 42.6 Å². The van der Waals surface area contributed by atoms with Crippen molar-refractivity contribution in [3.63, 3.8) is 0 Å². The largest absolute Gasteiger partial charge is 0.383 e. The molecule has 1 aromatic heterocycles. The van der Waals surface area contributed by atoms with E-state index in [0.717, 1.165) is 38.4 Å². The van der Waals surface area contributed by atoms with Crippen LogP contribution in [0.1, 0.15) is 25.2 Å². The molecule has 0 aliphatic carbocycles. The first-order valence-electron chi connectivity index (χ1n) is 6.62. The highest BCUT2D eigenvalue weighted by molar-refractivity contribution is 5.09. The molecule has 104 valence electrons. The summed E-state index contributed by atoms with van der Waals surface area (Å²) >= 11 is 0. The molecule has 0 aromatic carbocycles. The van der Waals surface area contributed by atoms with E-state index in [4.69, 9.17) is 4.74 Å². The van der Waals surface area contributed by atoms with E-state index >= 15 is 0 Å². The highest BCUT2D eigenvalue weighted by atomic mass is 16.5. The zero-order valence-electron chi connectivity index (χ0n) is 12.0. The van der Waals surface area contributed by atoms with Crippen LogP contribution in [0.25, 0.3) is 0 Å². The molecule has 2 N–H and O–H groups in total. The van der Waals surface area contributed by atoms with E-state index < -0.39 is 0 Å². The number of hydrogen-bond donors (Lipinski definition) is 2. The molecule has 1 atom stereocenters. The average molecular weight is 254 g/mol. The Morgan fingerprint density at radius 1 is 1.50 bits per heavy atom. The molecule has 18 heavy (non-hydrogen) atoms. The number of hydrogen-bond acceptors (Lipinski definition) is 4. The molecule has 5 heteroatoms. The van der Waals surface area contributed by atoms with Gasteiger partial charge < -0.3 is 15.4 Å². The normalized spacial score (nSPS) is 12.9. The van der Waals surface area contributed by atoms with Gasteiger partial charge in [0.15, 0.2) is 0 Å². The standard InChI is InChI=1S/C13H26N4O/c1-5-12-8-13(17(3)16-12)10-15-11(2)9-14-6-7-18-4/h8,11,14-15H,5-7,9-10H2,1-4H3. The summed E-state index contributed by atoms with van der Waals surface area (Å²) in [6.45, 7) is 7.76. The molecular weight excluding hydrogens is 228 g/mol. The van der Waals surface area contributed by atoms with Crippen LogP contribution in [0.15, 0.2) is 6.07 Å². The molecule has 0 aliphatic rings. The number of nitrogens with zero attached hydrogens (tertiary/aromatic N) is 2. The van der Waals surface area contributed by atoms with Crippen LogP contribution in [-0.2, 0) is 24.8 Å². The number of methoxy groups -OCH3 is 1. The van der Waals surface area contributed by atoms with Crippen molar-refractivity contribution in [2.75, 3.05) is 26.8 Å². The lowest BCUT2D eigenvalue weighted by Crippen LogP contribution is -2.37. The van der Waals surface area contributed by atoms with Crippen molar-refractivity contribution in [3.05, 3.63) is 17.5 Å². The van der Waals surface area contributed by atoms with E-state index in [1.165, 1.54) is 5.69 Å². The Morgan fingerprint density at radius 2 is 2.28 bits per heavy atom. The second kappa shape index (κ2) is 8.24. The van der Waals surface area contributed by atoms with Crippen LogP contribution >= 0.6 is 0 Å². The second-order valence-corrected chi connectivity index (χ2v) is 4.58. The Bertz CT molecular complexity index is 338. The number of nitrogens with one attached hydrogen (secondary N) is 2. The average Bonchev–Trinajstić information content (AvgIpc) is 2.73. The fourth-order valence-electron chi connectivity index (χ4n) is 1.75. The first kappa shape index (κ1) is 15.1. The molecule has 1 heterocycles. The van der Waals surface area contributed by atoms with Crippen molar-refractivity contribution in [3.8, 4) is 0 Å². The van der Waals surface area contributed by atoms with Gasteiger partial charge in [-0.1, -0.05) is 6.92 Å². The lowest BCUT2D eigenvalue weighted by molar-refractivity contribution is 0.198. The third-order valence-electron chi connectivity index (χ3n) is 2.95. The summed E-state index contributed by atoms with van der Waals surface area (Å²) < 4.78 is 6.94. The predicted molar refractivity (Wildman–Crippen MR) is 73.6 cm³/mol. The maximum atomic E-state index is 4.99. The fraction of sp³-hybridized carbons (Fsp3) is 0.769. The van der Waals surface area contributed by atoms with Gasteiger partial charge in [0.1, 0.15) is 0 Å². The first-order chi connectivity index (χ1) is 8.67. The van der Waals surface area contributed by atoms with Crippen molar-refractivity contribution in [2.45, 2.75) is 32.9 Å².